The van der Waals surface area contributed by atoms with Crippen LogP contribution in [0, 0.1) is 6.92 Å². The van der Waals surface area contributed by atoms with Gasteiger partial charge in [0.25, 0.3) is 0 Å². The summed E-state index contributed by atoms with van der Waals surface area (Å²) in [4.78, 5) is 12.1. The van der Waals surface area contributed by atoms with Crippen LogP contribution in [0.25, 0.3) is 11.0 Å². The molecule has 3 nitrogen and oxygen atoms in total. The number of hydrogen-bond acceptors (Lipinski definition) is 3. The molecule has 100 valence electrons. The second-order valence-electron chi connectivity index (χ2n) is 4.62. The standard InChI is InChI=1S/C17H14O3/c1-12-10-14(18)17-15(8-5-9-16(17)20-12)19-11-13-6-3-2-4-7-13/h2-10H,11H2,1H3. The summed E-state index contributed by atoms with van der Waals surface area (Å²) in [5, 5.41) is 0.494. The number of ether oxygens (including phenoxy) is 1. The highest BCUT2D eigenvalue weighted by atomic mass is 16.5. The van der Waals surface area contributed by atoms with Crippen molar-refractivity contribution in [1.82, 2.24) is 0 Å². The maximum atomic E-state index is 12.1. The van der Waals surface area contributed by atoms with Gasteiger partial charge in [-0.25, -0.2) is 0 Å². The molecule has 20 heavy (non-hydrogen) atoms. The van der Waals surface area contributed by atoms with E-state index in [0.29, 0.717) is 29.1 Å². The number of aryl methyl sites for hydroxylation is 1. The summed E-state index contributed by atoms with van der Waals surface area (Å²) in [5.41, 5.74) is 1.54. The topological polar surface area (TPSA) is 39.4 Å². The van der Waals surface area contributed by atoms with Gasteiger partial charge in [0.15, 0.2) is 5.43 Å². The summed E-state index contributed by atoms with van der Waals surface area (Å²) in [5.74, 6) is 1.16. The van der Waals surface area contributed by atoms with E-state index in [1.54, 1.807) is 19.1 Å². The molecule has 0 aliphatic heterocycles. The zero-order chi connectivity index (χ0) is 13.9. The summed E-state index contributed by atoms with van der Waals surface area (Å²) in [6.07, 6.45) is 0. The SMILES string of the molecule is Cc1cc(=O)c2c(OCc3ccccc3)cccc2o1. The zero-order valence-corrected chi connectivity index (χ0v) is 11.1. The van der Waals surface area contributed by atoms with E-state index in [0.717, 1.165) is 5.56 Å². The van der Waals surface area contributed by atoms with Gasteiger partial charge in [-0.15, -0.1) is 0 Å². The van der Waals surface area contributed by atoms with Crippen LogP contribution in [-0.4, -0.2) is 0 Å². The molecule has 0 amide bonds. The van der Waals surface area contributed by atoms with Crippen molar-refractivity contribution in [3.8, 4) is 5.75 Å². The van der Waals surface area contributed by atoms with E-state index in [1.807, 2.05) is 36.4 Å². The van der Waals surface area contributed by atoms with Gasteiger partial charge in [0, 0.05) is 6.07 Å². The summed E-state index contributed by atoms with van der Waals surface area (Å²) >= 11 is 0. The molecule has 0 atom stereocenters. The summed E-state index contributed by atoms with van der Waals surface area (Å²) in [6, 6.07) is 16.7. The lowest BCUT2D eigenvalue weighted by Gasteiger charge is -2.08. The van der Waals surface area contributed by atoms with Crippen molar-refractivity contribution in [2.24, 2.45) is 0 Å². The van der Waals surface area contributed by atoms with Crippen LogP contribution in [0.1, 0.15) is 11.3 Å². The fraction of sp³-hybridized carbons (Fsp3) is 0.118. The molecule has 3 aromatic rings. The van der Waals surface area contributed by atoms with E-state index in [-0.39, 0.29) is 5.43 Å². The van der Waals surface area contributed by atoms with Crippen LogP contribution in [0.2, 0.25) is 0 Å². The Morgan fingerprint density at radius 1 is 1.05 bits per heavy atom. The Morgan fingerprint density at radius 2 is 1.85 bits per heavy atom. The van der Waals surface area contributed by atoms with Crippen LogP contribution in [0.4, 0.5) is 0 Å². The Labute approximate surface area is 116 Å². The molecular formula is C17H14O3. The normalized spacial score (nSPS) is 10.7. The van der Waals surface area contributed by atoms with Gasteiger partial charge in [-0.1, -0.05) is 36.4 Å². The highest BCUT2D eigenvalue weighted by Crippen LogP contribution is 2.24. The lowest BCUT2D eigenvalue weighted by Crippen LogP contribution is -2.04. The fourth-order valence-electron chi connectivity index (χ4n) is 2.15. The predicted molar refractivity (Wildman–Crippen MR) is 78.0 cm³/mol. The van der Waals surface area contributed by atoms with Gasteiger partial charge in [0.2, 0.25) is 0 Å². The predicted octanol–water partition coefficient (Wildman–Crippen LogP) is 3.68. The number of fused-ring (bicyclic) bond motifs is 1. The van der Waals surface area contributed by atoms with Gasteiger partial charge >= 0.3 is 0 Å². The van der Waals surface area contributed by atoms with E-state index < -0.39 is 0 Å². The number of hydrogen-bond donors (Lipinski definition) is 0. The third-order valence-corrected chi connectivity index (χ3v) is 3.08. The summed E-state index contributed by atoms with van der Waals surface area (Å²) in [7, 11) is 0. The second-order valence-corrected chi connectivity index (χ2v) is 4.62. The molecule has 1 aromatic heterocycles. The molecule has 3 heteroatoms. The molecular weight excluding hydrogens is 252 g/mol. The van der Waals surface area contributed by atoms with Crippen LogP contribution >= 0.6 is 0 Å². The second kappa shape index (κ2) is 5.21. The minimum atomic E-state index is -0.0765. The molecule has 0 aliphatic rings. The Hall–Kier alpha value is -2.55. The van der Waals surface area contributed by atoms with Crippen LogP contribution in [0.3, 0.4) is 0 Å². The molecule has 0 bridgehead atoms. The van der Waals surface area contributed by atoms with Crippen molar-refractivity contribution in [3.63, 3.8) is 0 Å². The minimum absolute atomic E-state index is 0.0765. The van der Waals surface area contributed by atoms with Gasteiger partial charge < -0.3 is 9.15 Å². The average Bonchev–Trinajstić information content (AvgIpc) is 2.45. The van der Waals surface area contributed by atoms with Crippen molar-refractivity contribution < 1.29 is 9.15 Å². The fourth-order valence-corrected chi connectivity index (χ4v) is 2.15. The largest absolute Gasteiger partial charge is 0.488 e. The maximum Gasteiger partial charge on any atom is 0.196 e. The lowest BCUT2D eigenvalue weighted by atomic mass is 10.2. The van der Waals surface area contributed by atoms with Gasteiger partial charge in [-0.2, -0.15) is 0 Å². The Bertz CT molecular complexity index is 788. The van der Waals surface area contributed by atoms with Crippen LogP contribution in [-0.2, 0) is 6.61 Å². The number of rotatable bonds is 3. The van der Waals surface area contributed by atoms with Gasteiger partial charge in [-0.3, -0.25) is 4.79 Å². The third kappa shape index (κ3) is 2.43. The Balaban J connectivity index is 1.98. The molecule has 0 N–H and O–H groups in total. The van der Waals surface area contributed by atoms with E-state index in [1.165, 1.54) is 6.07 Å². The molecule has 0 spiro atoms. The van der Waals surface area contributed by atoms with Crippen LogP contribution in [0.15, 0.2) is 63.8 Å². The average molecular weight is 266 g/mol. The first kappa shape index (κ1) is 12.5. The monoisotopic (exact) mass is 266 g/mol. The Kier molecular flexibility index (Phi) is 3.25. The molecule has 2 aromatic carbocycles. The van der Waals surface area contributed by atoms with Crippen molar-refractivity contribution >= 4 is 11.0 Å². The first-order valence-electron chi connectivity index (χ1n) is 6.44. The quantitative estimate of drug-likeness (QED) is 0.726. The number of benzene rings is 2. The maximum absolute atomic E-state index is 12.1. The summed E-state index contributed by atoms with van der Waals surface area (Å²) < 4.78 is 11.3. The summed E-state index contributed by atoms with van der Waals surface area (Å²) in [6.45, 7) is 2.19. The highest BCUT2D eigenvalue weighted by Gasteiger charge is 2.08. The van der Waals surface area contributed by atoms with Gasteiger partial charge in [0.1, 0.15) is 29.1 Å². The van der Waals surface area contributed by atoms with Crippen LogP contribution in [0.5, 0.6) is 5.75 Å². The molecule has 0 radical (unpaired) electrons. The zero-order valence-electron chi connectivity index (χ0n) is 11.1. The van der Waals surface area contributed by atoms with E-state index in [4.69, 9.17) is 9.15 Å². The van der Waals surface area contributed by atoms with E-state index >= 15 is 0 Å². The molecule has 0 fully saturated rings. The van der Waals surface area contributed by atoms with E-state index in [2.05, 4.69) is 0 Å². The smallest absolute Gasteiger partial charge is 0.196 e. The molecule has 0 saturated carbocycles. The van der Waals surface area contributed by atoms with Crippen molar-refractivity contribution in [3.05, 3.63) is 76.1 Å². The lowest BCUT2D eigenvalue weighted by molar-refractivity contribution is 0.309. The third-order valence-electron chi connectivity index (χ3n) is 3.08. The first-order valence-corrected chi connectivity index (χ1v) is 6.44. The van der Waals surface area contributed by atoms with E-state index in [9.17, 15) is 4.79 Å². The minimum Gasteiger partial charge on any atom is -0.488 e. The molecule has 0 unspecified atom stereocenters. The molecule has 3 rings (SSSR count). The van der Waals surface area contributed by atoms with Crippen molar-refractivity contribution in [1.29, 1.82) is 0 Å². The molecule has 0 aliphatic carbocycles. The highest BCUT2D eigenvalue weighted by molar-refractivity contribution is 5.83. The Morgan fingerprint density at radius 3 is 2.65 bits per heavy atom. The molecule has 1 heterocycles. The van der Waals surface area contributed by atoms with Gasteiger partial charge in [0.05, 0.1) is 0 Å². The van der Waals surface area contributed by atoms with Gasteiger partial charge in [-0.05, 0) is 24.6 Å². The van der Waals surface area contributed by atoms with Crippen molar-refractivity contribution in [2.45, 2.75) is 13.5 Å². The molecule has 0 saturated heterocycles. The first-order chi connectivity index (χ1) is 9.74. The van der Waals surface area contributed by atoms with Crippen molar-refractivity contribution in [2.75, 3.05) is 0 Å². The van der Waals surface area contributed by atoms with Crippen LogP contribution < -0.4 is 10.2 Å².